The highest BCUT2D eigenvalue weighted by Gasteiger charge is 2.67. The summed E-state index contributed by atoms with van der Waals surface area (Å²) < 4.78 is 27.0. The second-order valence-electron chi connectivity index (χ2n) is 5.77. The van der Waals surface area contributed by atoms with Gasteiger partial charge in [-0.3, -0.25) is 9.59 Å². The summed E-state index contributed by atoms with van der Waals surface area (Å²) in [7, 11) is 7.25. The number of Topliss-reactive ketones (excluding diaryl/α,β-unsaturated/α-hetero) is 2. The second-order valence-corrected chi connectivity index (χ2v) is 5.77. The van der Waals surface area contributed by atoms with Crippen molar-refractivity contribution >= 4 is 11.6 Å². The van der Waals surface area contributed by atoms with Crippen LogP contribution in [0.1, 0.15) is 28.3 Å². The minimum Gasteiger partial charge on any atom is -0.493 e. The van der Waals surface area contributed by atoms with E-state index < -0.39 is 11.7 Å². The Labute approximate surface area is 139 Å². The van der Waals surface area contributed by atoms with Crippen molar-refractivity contribution in [3.05, 3.63) is 17.2 Å². The number of hydrogen-bond acceptors (Lipinski definition) is 7. The van der Waals surface area contributed by atoms with Gasteiger partial charge in [0.25, 0.3) is 0 Å². The van der Waals surface area contributed by atoms with Gasteiger partial charge >= 0.3 is 0 Å². The summed E-state index contributed by atoms with van der Waals surface area (Å²) >= 11 is 0. The first-order valence-corrected chi connectivity index (χ1v) is 7.50. The van der Waals surface area contributed by atoms with Gasteiger partial charge < -0.3 is 23.7 Å². The molecule has 0 radical (unpaired) electrons. The molecule has 0 aliphatic heterocycles. The van der Waals surface area contributed by atoms with Gasteiger partial charge in [-0.05, 0) is 11.6 Å². The highest BCUT2D eigenvalue weighted by molar-refractivity contribution is 6.14. The van der Waals surface area contributed by atoms with Gasteiger partial charge in [-0.25, -0.2) is 0 Å². The average molecular weight is 336 g/mol. The second kappa shape index (κ2) is 5.75. The van der Waals surface area contributed by atoms with Crippen LogP contribution >= 0.6 is 0 Å². The number of ketones is 2. The summed E-state index contributed by atoms with van der Waals surface area (Å²) in [5, 5.41) is 0. The van der Waals surface area contributed by atoms with Crippen molar-refractivity contribution in [1.82, 2.24) is 0 Å². The summed E-state index contributed by atoms with van der Waals surface area (Å²) in [6.07, 6.45) is -0.750. The molecule has 0 N–H and O–H groups in total. The van der Waals surface area contributed by atoms with Crippen LogP contribution in [0, 0.1) is 0 Å². The third-order valence-corrected chi connectivity index (χ3v) is 5.03. The van der Waals surface area contributed by atoms with Crippen LogP contribution in [-0.2, 0) is 14.3 Å². The molecule has 0 spiro atoms. The number of benzene rings is 1. The van der Waals surface area contributed by atoms with Crippen molar-refractivity contribution in [2.45, 2.75) is 24.0 Å². The molecule has 1 saturated carbocycles. The van der Waals surface area contributed by atoms with Crippen LogP contribution in [-0.4, -0.2) is 58.8 Å². The Kier molecular flexibility index (Phi) is 4.01. The molecule has 7 heteroatoms. The number of carbonyl (C=O) groups excluding carboxylic acids is 2. The highest BCUT2D eigenvalue weighted by Crippen LogP contribution is 2.57. The van der Waals surface area contributed by atoms with Crippen molar-refractivity contribution < 1.29 is 33.3 Å². The first-order chi connectivity index (χ1) is 11.5. The molecular formula is C17H20O7. The van der Waals surface area contributed by atoms with E-state index in [-0.39, 0.29) is 29.7 Å². The Bertz CT molecular complexity index is 711. The van der Waals surface area contributed by atoms with Gasteiger partial charge in [-0.1, -0.05) is 0 Å². The topological polar surface area (TPSA) is 80.3 Å². The summed E-state index contributed by atoms with van der Waals surface area (Å²) in [6.45, 7) is 0. The monoisotopic (exact) mass is 336 g/mol. The lowest BCUT2D eigenvalue weighted by atomic mass is 9.56. The summed E-state index contributed by atoms with van der Waals surface area (Å²) in [6, 6.07) is 1.71. The fraction of sp³-hybridized carbons (Fsp3) is 0.529. The molecule has 0 amide bonds. The van der Waals surface area contributed by atoms with Gasteiger partial charge in [0, 0.05) is 26.6 Å². The zero-order chi connectivity index (χ0) is 17.6. The lowest BCUT2D eigenvalue weighted by Crippen LogP contribution is -2.68. The first-order valence-electron chi connectivity index (χ1n) is 7.50. The Hall–Kier alpha value is -2.12. The zero-order valence-corrected chi connectivity index (χ0v) is 14.3. The van der Waals surface area contributed by atoms with E-state index in [2.05, 4.69) is 0 Å². The molecule has 0 bridgehead atoms. The van der Waals surface area contributed by atoms with Crippen LogP contribution in [0.25, 0.3) is 0 Å². The fourth-order valence-electron chi connectivity index (χ4n) is 3.90. The van der Waals surface area contributed by atoms with E-state index in [1.807, 2.05) is 0 Å². The quantitative estimate of drug-likeness (QED) is 0.803. The minimum atomic E-state index is -1.29. The summed E-state index contributed by atoms with van der Waals surface area (Å²) in [5.41, 5.74) is -0.278. The van der Waals surface area contributed by atoms with E-state index in [4.69, 9.17) is 23.7 Å². The Balaban J connectivity index is 2.32. The first kappa shape index (κ1) is 16.7. The van der Waals surface area contributed by atoms with E-state index in [0.717, 1.165) is 0 Å². The Morgan fingerprint density at radius 3 is 2.12 bits per heavy atom. The number of ether oxygens (including phenoxy) is 5. The predicted molar refractivity (Wildman–Crippen MR) is 83.3 cm³/mol. The lowest BCUT2D eigenvalue weighted by Gasteiger charge is -2.53. The van der Waals surface area contributed by atoms with Crippen LogP contribution in [0.5, 0.6) is 17.2 Å². The largest absolute Gasteiger partial charge is 0.493 e. The van der Waals surface area contributed by atoms with Crippen molar-refractivity contribution in [1.29, 1.82) is 0 Å². The van der Waals surface area contributed by atoms with E-state index in [9.17, 15) is 9.59 Å². The molecule has 24 heavy (non-hydrogen) atoms. The number of fused-ring (bicyclic) bond motifs is 3. The van der Waals surface area contributed by atoms with E-state index in [1.165, 1.54) is 35.5 Å². The van der Waals surface area contributed by atoms with Crippen molar-refractivity contribution in [3.63, 3.8) is 0 Å². The van der Waals surface area contributed by atoms with Crippen LogP contribution < -0.4 is 14.2 Å². The van der Waals surface area contributed by atoms with Crippen LogP contribution in [0.3, 0.4) is 0 Å². The van der Waals surface area contributed by atoms with Crippen LogP contribution in [0.15, 0.2) is 6.07 Å². The molecule has 3 rings (SSSR count). The molecule has 0 heterocycles. The lowest BCUT2D eigenvalue weighted by molar-refractivity contribution is -0.181. The molecule has 130 valence electrons. The van der Waals surface area contributed by atoms with Crippen molar-refractivity contribution in [2.24, 2.45) is 0 Å². The number of rotatable bonds is 5. The molecule has 1 aromatic rings. The zero-order valence-electron chi connectivity index (χ0n) is 14.3. The third-order valence-electron chi connectivity index (χ3n) is 5.03. The van der Waals surface area contributed by atoms with Crippen LogP contribution in [0.4, 0.5) is 0 Å². The molecule has 1 fully saturated rings. The maximum Gasteiger partial charge on any atom is 0.204 e. The standard InChI is InChI=1S/C17H20O7/c1-20-10-6-8-9-7-11(18)17(9,24-5)16(23-4)13(19)12(8)15(22-3)14(10)21-2/h6,9,16H,7H2,1-5H3/t9-,16+,17-/m0/s1. The minimum absolute atomic E-state index is 0.144. The molecule has 2 aliphatic carbocycles. The maximum atomic E-state index is 13.1. The SMILES string of the molecule is COc1cc2c(c(OC)c1OC)C(=O)[C@@H](OC)[C@@]1(OC)C(=O)C[C@@H]21. The molecule has 2 aliphatic rings. The Morgan fingerprint density at radius 2 is 1.67 bits per heavy atom. The van der Waals surface area contributed by atoms with E-state index >= 15 is 0 Å². The number of hydrogen-bond donors (Lipinski definition) is 0. The van der Waals surface area contributed by atoms with Gasteiger partial charge in [-0.2, -0.15) is 0 Å². The summed E-state index contributed by atoms with van der Waals surface area (Å²) in [4.78, 5) is 25.4. The van der Waals surface area contributed by atoms with Gasteiger partial charge in [0.2, 0.25) is 5.75 Å². The molecule has 0 aromatic heterocycles. The maximum absolute atomic E-state index is 13.1. The van der Waals surface area contributed by atoms with Gasteiger partial charge in [0.1, 0.15) is 0 Å². The molecule has 1 aromatic carbocycles. The molecule has 3 atom stereocenters. The van der Waals surface area contributed by atoms with E-state index in [0.29, 0.717) is 22.6 Å². The smallest absolute Gasteiger partial charge is 0.204 e. The molecule has 0 saturated heterocycles. The highest BCUT2D eigenvalue weighted by atomic mass is 16.6. The average Bonchev–Trinajstić information content (AvgIpc) is 2.60. The number of methoxy groups -OCH3 is 5. The van der Waals surface area contributed by atoms with E-state index in [1.54, 1.807) is 6.07 Å². The third kappa shape index (κ3) is 1.79. The van der Waals surface area contributed by atoms with Gasteiger partial charge in [0.05, 0.1) is 26.9 Å². The van der Waals surface area contributed by atoms with Crippen molar-refractivity contribution in [3.8, 4) is 17.2 Å². The van der Waals surface area contributed by atoms with Gasteiger partial charge in [0.15, 0.2) is 34.8 Å². The normalized spacial score (nSPS) is 27.9. The molecule has 0 unspecified atom stereocenters. The van der Waals surface area contributed by atoms with Crippen molar-refractivity contribution in [2.75, 3.05) is 35.5 Å². The number of carbonyl (C=O) groups is 2. The molecule has 7 nitrogen and oxygen atoms in total. The van der Waals surface area contributed by atoms with Gasteiger partial charge in [-0.15, -0.1) is 0 Å². The van der Waals surface area contributed by atoms with Crippen LogP contribution in [0.2, 0.25) is 0 Å². The Morgan fingerprint density at radius 1 is 1.00 bits per heavy atom. The predicted octanol–water partition coefficient (Wildman–Crippen LogP) is 1.37. The molecular weight excluding hydrogens is 316 g/mol. The summed E-state index contributed by atoms with van der Waals surface area (Å²) in [5.74, 6) is 0.231. The fourth-order valence-corrected chi connectivity index (χ4v) is 3.90.